The van der Waals surface area contributed by atoms with E-state index in [-0.39, 0.29) is 28.2 Å². The highest BCUT2D eigenvalue weighted by Crippen LogP contribution is 2.31. The molecule has 4 rings (SSSR count). The number of hydrogen-bond donors (Lipinski definition) is 2. The van der Waals surface area contributed by atoms with Gasteiger partial charge in [-0.2, -0.15) is 0 Å². The number of benzene rings is 1. The molecule has 2 fully saturated rings. The van der Waals surface area contributed by atoms with Crippen LogP contribution in [-0.2, 0) is 0 Å². The molecule has 0 spiro atoms. The number of halogens is 3. The number of hydrogen-bond acceptors (Lipinski definition) is 2. The van der Waals surface area contributed by atoms with Crippen molar-refractivity contribution in [1.29, 1.82) is 0 Å². The summed E-state index contributed by atoms with van der Waals surface area (Å²) in [5.41, 5.74) is 0.234. The molecule has 2 unspecified atom stereocenters. The number of nitrogens with zero attached hydrogens (tertiary/aromatic N) is 1. The van der Waals surface area contributed by atoms with Gasteiger partial charge in [0.25, 0.3) is 5.91 Å². The fourth-order valence-electron chi connectivity index (χ4n) is 3.20. The number of fused-ring (bicyclic) bond motifs is 2. The second kappa shape index (κ2) is 4.42. The Morgan fingerprint density at radius 1 is 1.29 bits per heavy atom. The van der Waals surface area contributed by atoms with Crippen molar-refractivity contribution in [3.63, 3.8) is 0 Å². The number of rotatable bonds is 1. The lowest BCUT2D eigenvalue weighted by Gasteiger charge is -2.43. The van der Waals surface area contributed by atoms with Crippen LogP contribution in [0.1, 0.15) is 10.5 Å². The van der Waals surface area contributed by atoms with Crippen molar-refractivity contribution in [3.8, 4) is 0 Å². The Bertz CT molecular complexity index is 760. The lowest BCUT2D eigenvalue weighted by molar-refractivity contribution is 0.0323. The first-order chi connectivity index (χ1) is 10.1. The summed E-state index contributed by atoms with van der Waals surface area (Å²) in [7, 11) is 0. The highest BCUT2D eigenvalue weighted by atomic mass is 35.5. The predicted octanol–water partition coefficient (Wildman–Crippen LogP) is 2.14. The number of aromatic nitrogens is 1. The summed E-state index contributed by atoms with van der Waals surface area (Å²) in [6, 6.07) is 3.04. The number of H-pyrrole nitrogens is 1. The van der Waals surface area contributed by atoms with Crippen LogP contribution in [0.15, 0.2) is 12.1 Å². The van der Waals surface area contributed by atoms with E-state index in [2.05, 4.69) is 10.3 Å². The highest BCUT2D eigenvalue weighted by molar-refractivity contribution is 6.31. The average molecular weight is 312 g/mol. The second-order valence-electron chi connectivity index (χ2n) is 5.58. The van der Waals surface area contributed by atoms with Crippen molar-refractivity contribution in [2.24, 2.45) is 5.92 Å². The van der Waals surface area contributed by atoms with Gasteiger partial charge in [0.1, 0.15) is 5.69 Å². The predicted molar refractivity (Wildman–Crippen MR) is 74.4 cm³/mol. The Hall–Kier alpha value is -1.66. The van der Waals surface area contributed by atoms with Crippen LogP contribution in [0.25, 0.3) is 10.9 Å². The van der Waals surface area contributed by atoms with Gasteiger partial charge in [-0.15, -0.1) is 0 Å². The first-order valence-corrected chi connectivity index (χ1v) is 7.12. The van der Waals surface area contributed by atoms with Crippen molar-refractivity contribution < 1.29 is 13.6 Å². The summed E-state index contributed by atoms with van der Waals surface area (Å²) in [6.07, 6.45) is 0. The SMILES string of the molecule is O=C(c1cc2cc(Cl)c(F)c(F)c2[nH]1)N1CC2CNCC21. The Morgan fingerprint density at radius 3 is 2.86 bits per heavy atom. The van der Waals surface area contributed by atoms with E-state index >= 15 is 0 Å². The molecular formula is C14H12ClF2N3O. The molecule has 1 amide bonds. The van der Waals surface area contributed by atoms with Gasteiger partial charge in [0.05, 0.1) is 16.6 Å². The number of aromatic amines is 1. The van der Waals surface area contributed by atoms with Gasteiger partial charge in [-0.25, -0.2) is 8.78 Å². The lowest BCUT2D eigenvalue weighted by atomic mass is 9.91. The molecule has 2 aromatic rings. The Kier molecular flexibility index (Phi) is 2.74. The summed E-state index contributed by atoms with van der Waals surface area (Å²) in [6.45, 7) is 2.41. The molecule has 2 aliphatic rings. The molecule has 2 N–H and O–H groups in total. The first kappa shape index (κ1) is 13.0. The van der Waals surface area contributed by atoms with Crippen LogP contribution in [0.2, 0.25) is 5.02 Å². The van der Waals surface area contributed by atoms with E-state index in [1.807, 2.05) is 0 Å². The van der Waals surface area contributed by atoms with E-state index < -0.39 is 11.6 Å². The molecular weight excluding hydrogens is 300 g/mol. The fourth-order valence-corrected chi connectivity index (χ4v) is 3.40. The van der Waals surface area contributed by atoms with Gasteiger partial charge in [0, 0.05) is 30.9 Å². The minimum Gasteiger partial charge on any atom is -0.348 e. The summed E-state index contributed by atoms with van der Waals surface area (Å²) >= 11 is 5.62. The van der Waals surface area contributed by atoms with Crippen LogP contribution < -0.4 is 5.32 Å². The Balaban J connectivity index is 1.71. The smallest absolute Gasteiger partial charge is 0.270 e. The molecule has 4 nitrogen and oxygen atoms in total. The van der Waals surface area contributed by atoms with Gasteiger partial charge in [0.15, 0.2) is 11.6 Å². The molecule has 0 saturated carbocycles. The Labute approximate surface area is 124 Å². The van der Waals surface area contributed by atoms with Crippen molar-refractivity contribution in [2.75, 3.05) is 19.6 Å². The van der Waals surface area contributed by atoms with Gasteiger partial charge < -0.3 is 15.2 Å². The zero-order valence-electron chi connectivity index (χ0n) is 10.9. The van der Waals surface area contributed by atoms with Gasteiger partial charge >= 0.3 is 0 Å². The molecule has 1 aromatic heterocycles. The molecule has 0 aliphatic carbocycles. The molecule has 3 heterocycles. The monoisotopic (exact) mass is 311 g/mol. The van der Waals surface area contributed by atoms with Gasteiger partial charge in [0.2, 0.25) is 0 Å². The fraction of sp³-hybridized carbons (Fsp3) is 0.357. The van der Waals surface area contributed by atoms with Crippen LogP contribution in [0.4, 0.5) is 8.78 Å². The molecule has 2 aliphatic heterocycles. The standard InChI is InChI=1S/C14H12ClF2N3O/c15-8-1-6-2-9(19-13(6)12(17)11(8)16)14(21)20-5-7-3-18-4-10(7)20/h1-2,7,10,18-19H,3-5H2. The summed E-state index contributed by atoms with van der Waals surface area (Å²) in [5, 5.41) is 3.34. The molecule has 0 bridgehead atoms. The third-order valence-electron chi connectivity index (χ3n) is 4.38. The third kappa shape index (κ3) is 1.79. The maximum atomic E-state index is 13.8. The van der Waals surface area contributed by atoms with Crippen LogP contribution >= 0.6 is 11.6 Å². The maximum absolute atomic E-state index is 13.8. The number of nitrogens with one attached hydrogen (secondary N) is 2. The van der Waals surface area contributed by atoms with E-state index in [4.69, 9.17) is 11.6 Å². The first-order valence-electron chi connectivity index (χ1n) is 6.74. The minimum absolute atomic E-state index is 0.0260. The van der Waals surface area contributed by atoms with Crippen LogP contribution in [0.3, 0.4) is 0 Å². The van der Waals surface area contributed by atoms with Gasteiger partial charge in [-0.05, 0) is 12.1 Å². The minimum atomic E-state index is -1.10. The zero-order chi connectivity index (χ0) is 14.7. The van der Waals surface area contributed by atoms with Crippen molar-refractivity contribution in [3.05, 3.63) is 34.5 Å². The summed E-state index contributed by atoms with van der Waals surface area (Å²) < 4.78 is 27.3. The molecule has 0 radical (unpaired) electrons. The summed E-state index contributed by atoms with van der Waals surface area (Å²) in [5.74, 6) is -1.84. The van der Waals surface area contributed by atoms with E-state index in [0.717, 1.165) is 13.1 Å². The number of likely N-dealkylation sites (tertiary alicyclic amines) is 1. The number of carbonyl (C=O) groups is 1. The third-order valence-corrected chi connectivity index (χ3v) is 4.65. The molecule has 7 heteroatoms. The molecule has 110 valence electrons. The van der Waals surface area contributed by atoms with Crippen LogP contribution in [-0.4, -0.2) is 41.5 Å². The topological polar surface area (TPSA) is 48.1 Å². The van der Waals surface area contributed by atoms with Gasteiger partial charge in [-0.1, -0.05) is 11.6 Å². The maximum Gasteiger partial charge on any atom is 0.270 e. The zero-order valence-corrected chi connectivity index (χ0v) is 11.7. The normalized spacial score (nSPS) is 24.2. The van der Waals surface area contributed by atoms with E-state index in [0.29, 0.717) is 17.8 Å². The second-order valence-corrected chi connectivity index (χ2v) is 5.98. The highest BCUT2D eigenvalue weighted by Gasteiger charge is 2.45. The average Bonchev–Trinajstić information content (AvgIpc) is 3.01. The molecule has 1 aromatic carbocycles. The Morgan fingerprint density at radius 2 is 2.10 bits per heavy atom. The molecule has 21 heavy (non-hydrogen) atoms. The van der Waals surface area contributed by atoms with E-state index in [9.17, 15) is 13.6 Å². The molecule has 2 atom stereocenters. The van der Waals surface area contributed by atoms with E-state index in [1.165, 1.54) is 12.1 Å². The largest absolute Gasteiger partial charge is 0.348 e. The quantitative estimate of drug-likeness (QED) is 0.793. The van der Waals surface area contributed by atoms with Crippen LogP contribution in [0.5, 0.6) is 0 Å². The lowest BCUT2D eigenvalue weighted by Crippen LogP contribution is -2.58. The molecule has 2 saturated heterocycles. The number of carbonyl (C=O) groups excluding carboxylic acids is 1. The van der Waals surface area contributed by atoms with Gasteiger partial charge in [-0.3, -0.25) is 4.79 Å². The summed E-state index contributed by atoms with van der Waals surface area (Å²) in [4.78, 5) is 16.9. The van der Waals surface area contributed by atoms with Crippen molar-refractivity contribution in [2.45, 2.75) is 6.04 Å². The number of amides is 1. The van der Waals surface area contributed by atoms with Crippen molar-refractivity contribution >= 4 is 28.4 Å². The van der Waals surface area contributed by atoms with Crippen molar-refractivity contribution in [1.82, 2.24) is 15.2 Å². The van der Waals surface area contributed by atoms with Crippen LogP contribution in [0, 0.1) is 17.6 Å². The van der Waals surface area contributed by atoms with E-state index in [1.54, 1.807) is 4.90 Å².